The van der Waals surface area contributed by atoms with Crippen molar-refractivity contribution in [1.82, 2.24) is 15.0 Å². The summed E-state index contributed by atoms with van der Waals surface area (Å²) in [5, 5.41) is 31.6. The van der Waals surface area contributed by atoms with E-state index in [0.717, 1.165) is 0 Å². The molecule has 3 heterocycles. The van der Waals surface area contributed by atoms with E-state index in [9.17, 15) is 19.7 Å². The molecular formula is C26H26F2N4O4. The van der Waals surface area contributed by atoms with Crippen molar-refractivity contribution >= 4 is 27.5 Å². The molecule has 0 saturated carbocycles. The van der Waals surface area contributed by atoms with E-state index in [1.165, 1.54) is 31.5 Å². The largest absolute Gasteiger partial charge is 0.508 e. The normalized spacial score (nSPS) is 15.6. The van der Waals surface area contributed by atoms with Crippen molar-refractivity contribution in [3.63, 3.8) is 0 Å². The van der Waals surface area contributed by atoms with E-state index in [1.54, 1.807) is 13.0 Å². The van der Waals surface area contributed by atoms with Gasteiger partial charge in [0, 0.05) is 24.8 Å². The average Bonchev–Trinajstić information content (AvgIpc) is 2.89. The van der Waals surface area contributed by atoms with Gasteiger partial charge in [0.05, 0.1) is 24.7 Å². The quantitative estimate of drug-likeness (QED) is 0.383. The highest BCUT2D eigenvalue weighted by atomic mass is 19.1. The summed E-state index contributed by atoms with van der Waals surface area (Å²) in [5.74, 6) is -0.872. The molecule has 1 fully saturated rings. The molecule has 0 bridgehead atoms. The Bertz CT molecular complexity index is 1470. The van der Waals surface area contributed by atoms with Crippen LogP contribution in [0, 0.1) is 11.6 Å². The molecule has 4 aromatic rings. The molecule has 2 aromatic heterocycles. The number of fused-ring (bicyclic) bond motifs is 2. The second-order valence-corrected chi connectivity index (χ2v) is 9.06. The van der Waals surface area contributed by atoms with Crippen LogP contribution in [0.5, 0.6) is 11.8 Å². The minimum absolute atomic E-state index is 0.0317. The van der Waals surface area contributed by atoms with Crippen LogP contribution in [0.1, 0.15) is 25.3 Å². The molecule has 0 aliphatic carbocycles. The fraction of sp³-hybridized carbons (Fsp3) is 0.346. The van der Waals surface area contributed by atoms with E-state index in [4.69, 9.17) is 4.74 Å². The number of methoxy groups -OCH3 is 1. The summed E-state index contributed by atoms with van der Waals surface area (Å²) >= 11 is 0. The molecule has 5 rings (SSSR count). The molecule has 2 aromatic carbocycles. The second kappa shape index (κ2) is 9.11. The Hall–Kier alpha value is -3.63. The SMILES string of the molecule is CCc1c(F)ccc2cc(O)cc(-c3ncc4c(N5CCC(O)(CO)CC5)nc(OC)nc4c3F)c12. The van der Waals surface area contributed by atoms with Crippen molar-refractivity contribution in [1.29, 1.82) is 0 Å². The monoisotopic (exact) mass is 496 g/mol. The number of aryl methyl sites for hydroxylation is 1. The summed E-state index contributed by atoms with van der Waals surface area (Å²) in [6.45, 7) is 2.23. The molecular weight excluding hydrogens is 470 g/mol. The lowest BCUT2D eigenvalue weighted by Gasteiger charge is -2.37. The molecule has 3 N–H and O–H groups in total. The van der Waals surface area contributed by atoms with E-state index >= 15 is 4.39 Å². The van der Waals surface area contributed by atoms with E-state index < -0.39 is 17.2 Å². The number of halogens is 2. The highest BCUT2D eigenvalue weighted by molar-refractivity contribution is 6.01. The van der Waals surface area contributed by atoms with Gasteiger partial charge in [0.1, 0.15) is 28.6 Å². The second-order valence-electron chi connectivity index (χ2n) is 9.06. The lowest BCUT2D eigenvalue weighted by Crippen LogP contribution is -2.47. The summed E-state index contributed by atoms with van der Waals surface area (Å²) in [4.78, 5) is 14.9. The zero-order chi connectivity index (χ0) is 25.6. The van der Waals surface area contributed by atoms with Gasteiger partial charge < -0.3 is 25.0 Å². The fourth-order valence-electron chi connectivity index (χ4n) is 4.87. The Morgan fingerprint density at radius 2 is 1.89 bits per heavy atom. The van der Waals surface area contributed by atoms with Crippen LogP contribution in [-0.2, 0) is 6.42 Å². The topological polar surface area (TPSA) is 112 Å². The van der Waals surface area contributed by atoms with Gasteiger partial charge in [-0.25, -0.2) is 8.78 Å². The summed E-state index contributed by atoms with van der Waals surface area (Å²) < 4.78 is 36.0. The van der Waals surface area contributed by atoms with Gasteiger partial charge in [-0.3, -0.25) is 4.98 Å². The van der Waals surface area contributed by atoms with Crippen molar-refractivity contribution in [3.8, 4) is 23.0 Å². The maximum Gasteiger partial charge on any atom is 0.318 e. The fourth-order valence-corrected chi connectivity index (χ4v) is 4.87. The minimum Gasteiger partial charge on any atom is -0.508 e. The summed E-state index contributed by atoms with van der Waals surface area (Å²) in [7, 11) is 1.38. The maximum absolute atomic E-state index is 16.1. The zero-order valence-electron chi connectivity index (χ0n) is 19.9. The maximum atomic E-state index is 16.1. The van der Waals surface area contributed by atoms with Crippen LogP contribution in [0.25, 0.3) is 32.9 Å². The molecule has 0 spiro atoms. The molecule has 10 heteroatoms. The first-order chi connectivity index (χ1) is 17.3. The number of aliphatic hydroxyl groups is 2. The number of benzene rings is 2. The molecule has 0 radical (unpaired) electrons. The van der Waals surface area contributed by atoms with Gasteiger partial charge >= 0.3 is 6.01 Å². The molecule has 0 amide bonds. The molecule has 0 atom stereocenters. The number of phenolic OH excluding ortho intramolecular Hbond substituents is 1. The Morgan fingerprint density at radius 1 is 1.14 bits per heavy atom. The standard InChI is InChI=1S/C26H26F2N4O4/c1-3-16-19(27)5-4-14-10-15(34)11-17(20(14)16)22-21(28)23-18(12-29-22)24(31-25(30-23)36-2)32-8-6-26(35,13-33)7-9-32/h4-5,10-12,33-35H,3,6-9,13H2,1-2H3. The van der Waals surface area contributed by atoms with Crippen molar-refractivity contribution in [3.05, 3.63) is 47.7 Å². The van der Waals surface area contributed by atoms with Crippen LogP contribution in [0.4, 0.5) is 14.6 Å². The summed E-state index contributed by atoms with van der Waals surface area (Å²) in [6.07, 6.45) is 2.44. The number of piperidine rings is 1. The Labute approximate surface area is 205 Å². The van der Waals surface area contributed by atoms with E-state index in [2.05, 4.69) is 15.0 Å². The molecule has 188 valence electrons. The Morgan fingerprint density at radius 3 is 2.56 bits per heavy atom. The number of pyridine rings is 1. The zero-order valence-corrected chi connectivity index (χ0v) is 19.9. The Kier molecular flexibility index (Phi) is 6.09. The molecule has 1 saturated heterocycles. The first-order valence-corrected chi connectivity index (χ1v) is 11.7. The number of hydrogen-bond donors (Lipinski definition) is 3. The van der Waals surface area contributed by atoms with Gasteiger partial charge in [0.15, 0.2) is 5.82 Å². The number of ether oxygens (including phenoxy) is 1. The third-order valence-electron chi connectivity index (χ3n) is 6.88. The predicted molar refractivity (Wildman–Crippen MR) is 131 cm³/mol. The van der Waals surface area contributed by atoms with Gasteiger partial charge in [-0.05, 0) is 53.8 Å². The highest BCUT2D eigenvalue weighted by Crippen LogP contribution is 2.39. The summed E-state index contributed by atoms with van der Waals surface area (Å²) in [5.41, 5.74) is -0.622. The smallest absolute Gasteiger partial charge is 0.318 e. The lowest BCUT2D eigenvalue weighted by molar-refractivity contribution is -0.0326. The number of hydrogen-bond acceptors (Lipinski definition) is 8. The van der Waals surface area contributed by atoms with E-state index in [0.29, 0.717) is 59.9 Å². The van der Waals surface area contributed by atoms with Crippen LogP contribution in [0.3, 0.4) is 0 Å². The van der Waals surface area contributed by atoms with Crippen molar-refractivity contribution in [2.24, 2.45) is 0 Å². The molecule has 8 nitrogen and oxygen atoms in total. The van der Waals surface area contributed by atoms with Gasteiger partial charge in [-0.1, -0.05) is 13.0 Å². The lowest BCUT2D eigenvalue weighted by atomic mass is 9.92. The first kappa shape index (κ1) is 24.1. The van der Waals surface area contributed by atoms with Crippen molar-refractivity contribution in [2.45, 2.75) is 31.8 Å². The number of aliphatic hydroxyl groups excluding tert-OH is 1. The van der Waals surface area contributed by atoms with E-state index in [-0.39, 0.29) is 35.1 Å². The average molecular weight is 497 g/mol. The van der Waals surface area contributed by atoms with Crippen LogP contribution >= 0.6 is 0 Å². The number of phenols is 1. The third kappa shape index (κ3) is 3.96. The van der Waals surface area contributed by atoms with Crippen LogP contribution in [-0.4, -0.2) is 62.7 Å². The van der Waals surface area contributed by atoms with Crippen LogP contribution in [0.2, 0.25) is 0 Å². The van der Waals surface area contributed by atoms with Gasteiger partial charge in [-0.15, -0.1) is 0 Å². The van der Waals surface area contributed by atoms with Crippen molar-refractivity contribution < 1.29 is 28.8 Å². The minimum atomic E-state index is -1.16. The summed E-state index contributed by atoms with van der Waals surface area (Å²) in [6, 6.07) is 5.70. The molecule has 0 unspecified atom stereocenters. The number of aromatic nitrogens is 3. The highest BCUT2D eigenvalue weighted by Gasteiger charge is 2.33. The van der Waals surface area contributed by atoms with Gasteiger partial charge in [0.2, 0.25) is 0 Å². The van der Waals surface area contributed by atoms with Gasteiger partial charge in [-0.2, -0.15) is 9.97 Å². The Balaban J connectivity index is 1.71. The first-order valence-electron chi connectivity index (χ1n) is 11.7. The van der Waals surface area contributed by atoms with Crippen molar-refractivity contribution in [2.75, 3.05) is 31.7 Å². The van der Waals surface area contributed by atoms with E-state index in [1.807, 2.05) is 4.90 Å². The van der Waals surface area contributed by atoms with Crippen LogP contribution < -0.4 is 9.64 Å². The number of rotatable bonds is 5. The van der Waals surface area contributed by atoms with Crippen LogP contribution in [0.15, 0.2) is 30.5 Å². The number of anilines is 1. The molecule has 36 heavy (non-hydrogen) atoms. The van der Waals surface area contributed by atoms with Gasteiger partial charge in [0.25, 0.3) is 0 Å². The third-order valence-corrected chi connectivity index (χ3v) is 6.88. The number of aromatic hydroxyl groups is 1. The predicted octanol–water partition coefficient (Wildman–Crippen LogP) is 3.72. The number of nitrogens with zero attached hydrogens (tertiary/aromatic N) is 4. The molecule has 1 aliphatic heterocycles. The molecule has 1 aliphatic rings.